The standard InChI is InChI=1S/C17H16N3O/c1-21-16-10-6-5-9-14(16)15-11-17(19-12-18-15)20-13-7-3-2-4-8-13/h2-3,5-12H,4H2,1H3,(H,18,19,20). The molecule has 1 heterocycles. The second-order valence-corrected chi connectivity index (χ2v) is 4.60. The predicted molar refractivity (Wildman–Crippen MR) is 83.8 cm³/mol. The lowest BCUT2D eigenvalue weighted by molar-refractivity contribution is 0.416. The van der Waals surface area contributed by atoms with E-state index >= 15 is 0 Å². The molecule has 0 fully saturated rings. The largest absolute Gasteiger partial charge is 0.496 e. The van der Waals surface area contributed by atoms with Gasteiger partial charge in [-0.2, -0.15) is 0 Å². The summed E-state index contributed by atoms with van der Waals surface area (Å²) in [6.07, 6.45) is 10.8. The van der Waals surface area contributed by atoms with Crippen LogP contribution in [0.4, 0.5) is 5.82 Å². The first-order chi connectivity index (χ1) is 10.4. The van der Waals surface area contributed by atoms with Crippen LogP contribution in [-0.4, -0.2) is 17.1 Å². The molecular formula is C17H16N3O. The van der Waals surface area contributed by atoms with Gasteiger partial charge in [0, 0.05) is 17.3 Å². The summed E-state index contributed by atoms with van der Waals surface area (Å²) >= 11 is 0. The first kappa shape index (κ1) is 13.4. The normalized spacial score (nSPS) is 13.7. The van der Waals surface area contributed by atoms with Gasteiger partial charge in [0.15, 0.2) is 0 Å². The van der Waals surface area contributed by atoms with Gasteiger partial charge in [0.25, 0.3) is 0 Å². The highest BCUT2D eigenvalue weighted by atomic mass is 16.5. The summed E-state index contributed by atoms with van der Waals surface area (Å²) in [4.78, 5) is 8.60. The second-order valence-electron chi connectivity index (χ2n) is 4.60. The summed E-state index contributed by atoms with van der Waals surface area (Å²) in [5, 5.41) is 3.29. The Hall–Kier alpha value is -2.62. The molecular weight excluding hydrogens is 262 g/mol. The Morgan fingerprint density at radius 1 is 1.19 bits per heavy atom. The molecule has 4 heteroatoms. The fourth-order valence-electron chi connectivity index (χ4n) is 2.18. The van der Waals surface area contributed by atoms with Crippen molar-refractivity contribution in [2.45, 2.75) is 6.42 Å². The second kappa shape index (κ2) is 6.22. The van der Waals surface area contributed by atoms with E-state index in [1.807, 2.05) is 42.5 Å². The van der Waals surface area contributed by atoms with Crippen LogP contribution in [0.2, 0.25) is 0 Å². The molecule has 1 radical (unpaired) electrons. The molecule has 1 aromatic heterocycles. The topological polar surface area (TPSA) is 47.0 Å². The highest BCUT2D eigenvalue weighted by molar-refractivity contribution is 5.69. The number of hydrogen-bond acceptors (Lipinski definition) is 4. The summed E-state index contributed by atoms with van der Waals surface area (Å²) < 4.78 is 5.38. The van der Waals surface area contributed by atoms with Crippen molar-refractivity contribution >= 4 is 5.82 Å². The molecule has 1 aliphatic carbocycles. The molecule has 0 atom stereocenters. The van der Waals surface area contributed by atoms with E-state index in [1.54, 1.807) is 13.4 Å². The molecule has 0 saturated heterocycles. The van der Waals surface area contributed by atoms with Gasteiger partial charge in [-0.1, -0.05) is 24.3 Å². The number of allylic oxidation sites excluding steroid dienone is 3. The summed E-state index contributed by atoms with van der Waals surface area (Å²) in [5.41, 5.74) is 2.83. The molecule has 21 heavy (non-hydrogen) atoms. The van der Waals surface area contributed by atoms with E-state index in [0.717, 1.165) is 34.9 Å². The van der Waals surface area contributed by atoms with Crippen molar-refractivity contribution in [1.82, 2.24) is 9.97 Å². The molecule has 1 aromatic carbocycles. The van der Waals surface area contributed by atoms with Crippen LogP contribution in [-0.2, 0) is 0 Å². The van der Waals surface area contributed by atoms with Gasteiger partial charge in [0.1, 0.15) is 17.9 Å². The molecule has 0 bridgehead atoms. The van der Waals surface area contributed by atoms with Gasteiger partial charge in [-0.05, 0) is 31.1 Å². The molecule has 0 amide bonds. The Morgan fingerprint density at radius 2 is 2.10 bits per heavy atom. The van der Waals surface area contributed by atoms with Crippen molar-refractivity contribution in [2.24, 2.45) is 0 Å². The lowest BCUT2D eigenvalue weighted by atomic mass is 10.1. The summed E-state index contributed by atoms with van der Waals surface area (Å²) in [5.74, 6) is 1.57. The molecule has 0 aliphatic heterocycles. The van der Waals surface area contributed by atoms with E-state index in [2.05, 4.69) is 27.8 Å². The predicted octanol–water partition coefficient (Wildman–Crippen LogP) is 3.61. The maximum Gasteiger partial charge on any atom is 0.134 e. The third-order valence-electron chi connectivity index (χ3n) is 3.21. The van der Waals surface area contributed by atoms with E-state index in [9.17, 15) is 0 Å². The van der Waals surface area contributed by atoms with Gasteiger partial charge in [0.2, 0.25) is 0 Å². The Morgan fingerprint density at radius 3 is 2.90 bits per heavy atom. The van der Waals surface area contributed by atoms with Crippen LogP contribution in [0.15, 0.2) is 60.6 Å². The van der Waals surface area contributed by atoms with Gasteiger partial charge in [0.05, 0.1) is 12.8 Å². The Bertz CT molecular complexity index is 692. The summed E-state index contributed by atoms with van der Waals surface area (Å²) in [6, 6.07) is 9.74. The average Bonchev–Trinajstić information content (AvgIpc) is 2.56. The van der Waals surface area contributed by atoms with Crippen molar-refractivity contribution in [2.75, 3.05) is 12.4 Å². The number of rotatable bonds is 4. The van der Waals surface area contributed by atoms with E-state index in [-0.39, 0.29) is 0 Å². The minimum absolute atomic E-state index is 0.767. The SMILES string of the molecule is COc1ccccc1-c1cc(NC2=CC[CH]C=C2)ncn1. The van der Waals surface area contributed by atoms with Crippen LogP contribution >= 0.6 is 0 Å². The zero-order valence-electron chi connectivity index (χ0n) is 11.8. The fourth-order valence-corrected chi connectivity index (χ4v) is 2.18. The van der Waals surface area contributed by atoms with E-state index in [0.29, 0.717) is 0 Å². The fraction of sp³-hybridized carbons (Fsp3) is 0.118. The average molecular weight is 278 g/mol. The molecule has 105 valence electrons. The van der Waals surface area contributed by atoms with E-state index in [1.165, 1.54) is 0 Å². The number of anilines is 1. The van der Waals surface area contributed by atoms with E-state index < -0.39 is 0 Å². The molecule has 1 aliphatic rings. The van der Waals surface area contributed by atoms with Crippen LogP contribution in [0, 0.1) is 6.42 Å². The third kappa shape index (κ3) is 3.11. The number of para-hydroxylation sites is 1. The molecule has 3 rings (SSSR count). The quantitative estimate of drug-likeness (QED) is 0.928. The first-order valence-corrected chi connectivity index (χ1v) is 6.79. The Labute approximate surface area is 124 Å². The van der Waals surface area contributed by atoms with E-state index in [4.69, 9.17) is 4.74 Å². The van der Waals surface area contributed by atoms with Crippen molar-refractivity contribution < 1.29 is 4.74 Å². The Balaban J connectivity index is 1.89. The van der Waals surface area contributed by atoms with Gasteiger partial charge in [-0.15, -0.1) is 0 Å². The van der Waals surface area contributed by atoms with Gasteiger partial charge >= 0.3 is 0 Å². The monoisotopic (exact) mass is 278 g/mol. The number of nitrogens with one attached hydrogen (secondary N) is 1. The smallest absolute Gasteiger partial charge is 0.134 e. The first-order valence-electron chi connectivity index (χ1n) is 6.79. The number of methoxy groups -OCH3 is 1. The zero-order chi connectivity index (χ0) is 14.5. The minimum Gasteiger partial charge on any atom is -0.496 e. The molecule has 1 N–H and O–H groups in total. The van der Waals surface area contributed by atoms with Crippen LogP contribution in [0.1, 0.15) is 6.42 Å². The molecule has 0 spiro atoms. The van der Waals surface area contributed by atoms with Crippen LogP contribution in [0.25, 0.3) is 11.3 Å². The highest BCUT2D eigenvalue weighted by Gasteiger charge is 2.08. The number of nitrogens with zero attached hydrogens (tertiary/aromatic N) is 2. The van der Waals surface area contributed by atoms with Crippen molar-refractivity contribution in [3.63, 3.8) is 0 Å². The lowest BCUT2D eigenvalue weighted by Gasteiger charge is -2.11. The molecule has 2 aromatic rings. The number of hydrogen-bond donors (Lipinski definition) is 1. The van der Waals surface area contributed by atoms with Gasteiger partial charge in [-0.25, -0.2) is 9.97 Å². The summed E-state index contributed by atoms with van der Waals surface area (Å²) in [7, 11) is 1.66. The zero-order valence-corrected chi connectivity index (χ0v) is 11.8. The molecule has 4 nitrogen and oxygen atoms in total. The minimum atomic E-state index is 0.767. The van der Waals surface area contributed by atoms with Crippen molar-refractivity contribution in [3.05, 3.63) is 67.0 Å². The maximum atomic E-state index is 5.38. The van der Waals surface area contributed by atoms with Crippen molar-refractivity contribution in [1.29, 1.82) is 0 Å². The van der Waals surface area contributed by atoms with Crippen LogP contribution in [0.5, 0.6) is 5.75 Å². The third-order valence-corrected chi connectivity index (χ3v) is 3.21. The number of benzene rings is 1. The highest BCUT2D eigenvalue weighted by Crippen LogP contribution is 2.29. The van der Waals surface area contributed by atoms with Crippen LogP contribution in [0.3, 0.4) is 0 Å². The molecule has 0 saturated carbocycles. The van der Waals surface area contributed by atoms with Crippen LogP contribution < -0.4 is 10.1 Å². The van der Waals surface area contributed by atoms with Gasteiger partial charge < -0.3 is 10.1 Å². The van der Waals surface area contributed by atoms with Gasteiger partial charge in [-0.3, -0.25) is 0 Å². The number of ether oxygens (including phenoxy) is 1. The maximum absolute atomic E-state index is 5.38. The number of aromatic nitrogens is 2. The lowest BCUT2D eigenvalue weighted by Crippen LogP contribution is -2.02. The molecule has 0 unspecified atom stereocenters. The Kier molecular flexibility index (Phi) is 3.96. The summed E-state index contributed by atoms with van der Waals surface area (Å²) in [6.45, 7) is 0. The van der Waals surface area contributed by atoms with Crippen molar-refractivity contribution in [3.8, 4) is 17.0 Å².